The molecule has 0 radical (unpaired) electrons. The van der Waals surface area contributed by atoms with Crippen LogP contribution in [-0.2, 0) is 6.42 Å². The van der Waals surface area contributed by atoms with Crippen LogP contribution in [0, 0.1) is 17.0 Å². The van der Waals surface area contributed by atoms with Crippen molar-refractivity contribution < 1.29 is 32.1 Å². The molecular formula is C38H40F4N6O3. The van der Waals surface area contributed by atoms with Crippen LogP contribution in [0.5, 0.6) is 17.6 Å². The number of nitrogens with one attached hydrogen (secondary N) is 1. The van der Waals surface area contributed by atoms with Crippen molar-refractivity contribution in [3.8, 4) is 28.9 Å². The molecule has 268 valence electrons. The van der Waals surface area contributed by atoms with Crippen molar-refractivity contribution >= 4 is 27.5 Å². The summed E-state index contributed by atoms with van der Waals surface area (Å²) in [6.07, 6.45) is 2.99. The lowest BCUT2D eigenvalue weighted by Gasteiger charge is -2.42. The summed E-state index contributed by atoms with van der Waals surface area (Å²) < 4.78 is 71.6. The summed E-state index contributed by atoms with van der Waals surface area (Å²) in [7, 11) is 0. The number of hydrogen-bond acceptors (Lipinski definition) is 9. The van der Waals surface area contributed by atoms with E-state index in [0.29, 0.717) is 73.0 Å². The minimum absolute atomic E-state index is 0.0203. The number of phenolic OH excluding ortho intramolecular Hbond substituents is 1. The van der Waals surface area contributed by atoms with Crippen LogP contribution >= 0.6 is 0 Å². The molecular weight excluding hydrogens is 664 g/mol. The molecule has 2 N–H and O–H groups in total. The summed E-state index contributed by atoms with van der Waals surface area (Å²) in [5, 5.41) is 15.8. The van der Waals surface area contributed by atoms with Gasteiger partial charge in [0.25, 0.3) is 6.08 Å². The van der Waals surface area contributed by atoms with Crippen molar-refractivity contribution in [2.75, 3.05) is 37.7 Å². The molecule has 0 spiro atoms. The number of hydrogen-bond donors (Lipinski definition) is 2. The monoisotopic (exact) mass is 704 g/mol. The lowest BCUT2D eigenvalue weighted by atomic mass is 9.94. The molecule has 4 aromatic rings. The van der Waals surface area contributed by atoms with E-state index in [4.69, 9.17) is 19.4 Å². The number of aromatic hydroxyl groups is 1. The third-order valence-electron chi connectivity index (χ3n) is 11.7. The molecule has 9 rings (SSSR count). The Hall–Kier alpha value is -4.23. The number of fused-ring (bicyclic) bond motifs is 6. The summed E-state index contributed by atoms with van der Waals surface area (Å²) in [6, 6.07) is 6.17. The highest BCUT2D eigenvalue weighted by Gasteiger charge is 2.48. The third kappa shape index (κ3) is 5.54. The van der Waals surface area contributed by atoms with Gasteiger partial charge in [-0.1, -0.05) is 13.0 Å². The summed E-state index contributed by atoms with van der Waals surface area (Å²) in [5.74, 6) is -0.596. The fourth-order valence-electron chi connectivity index (χ4n) is 8.95. The topological polar surface area (TPSA) is 95.9 Å². The Morgan fingerprint density at radius 1 is 1.08 bits per heavy atom. The van der Waals surface area contributed by atoms with E-state index in [1.54, 1.807) is 6.07 Å². The van der Waals surface area contributed by atoms with Crippen LogP contribution < -0.4 is 19.7 Å². The van der Waals surface area contributed by atoms with Crippen molar-refractivity contribution in [3.05, 3.63) is 53.1 Å². The van der Waals surface area contributed by atoms with E-state index < -0.39 is 17.7 Å². The van der Waals surface area contributed by atoms with E-state index in [2.05, 4.69) is 20.1 Å². The second-order valence-electron chi connectivity index (χ2n) is 15.0. The van der Waals surface area contributed by atoms with E-state index >= 15 is 8.78 Å². The van der Waals surface area contributed by atoms with Gasteiger partial charge in [0.05, 0.1) is 12.6 Å². The fourth-order valence-corrected chi connectivity index (χ4v) is 8.95. The molecule has 6 heterocycles. The van der Waals surface area contributed by atoms with Crippen LogP contribution in [0.25, 0.3) is 32.9 Å². The second kappa shape index (κ2) is 12.2. The number of piperidine rings is 1. The largest absolute Gasteiger partial charge is 0.508 e. The molecule has 4 unspecified atom stereocenters. The average molecular weight is 705 g/mol. The van der Waals surface area contributed by atoms with Crippen molar-refractivity contribution in [3.63, 3.8) is 0 Å². The maximum absolute atomic E-state index is 17.2. The third-order valence-corrected chi connectivity index (χ3v) is 11.7. The van der Waals surface area contributed by atoms with Crippen molar-refractivity contribution in [1.82, 2.24) is 25.2 Å². The molecule has 1 aliphatic carbocycles. The molecule has 4 fully saturated rings. The molecule has 2 bridgehead atoms. The fraction of sp³-hybridized carbons (Fsp3) is 0.500. The Morgan fingerprint density at radius 3 is 2.63 bits per heavy atom. The Labute approximate surface area is 292 Å². The molecule has 4 aliphatic heterocycles. The minimum atomic E-state index is -1.56. The molecule has 13 heteroatoms. The first-order chi connectivity index (χ1) is 24.6. The second-order valence-corrected chi connectivity index (χ2v) is 15.0. The van der Waals surface area contributed by atoms with Gasteiger partial charge in [-0.3, -0.25) is 0 Å². The van der Waals surface area contributed by atoms with Gasteiger partial charge in [0.1, 0.15) is 40.1 Å². The quantitative estimate of drug-likeness (QED) is 0.200. The maximum atomic E-state index is 17.2. The predicted molar refractivity (Wildman–Crippen MR) is 184 cm³/mol. The molecule has 3 saturated heterocycles. The summed E-state index contributed by atoms with van der Waals surface area (Å²) in [4.78, 5) is 18.8. The first-order valence-electron chi connectivity index (χ1n) is 18.0. The van der Waals surface area contributed by atoms with Gasteiger partial charge in [-0.05, 0) is 92.0 Å². The van der Waals surface area contributed by atoms with Crippen molar-refractivity contribution in [2.24, 2.45) is 5.41 Å². The lowest BCUT2D eigenvalue weighted by Crippen LogP contribution is -2.62. The van der Waals surface area contributed by atoms with Crippen LogP contribution in [0.15, 0.2) is 35.9 Å². The van der Waals surface area contributed by atoms with Gasteiger partial charge in [0.2, 0.25) is 5.88 Å². The predicted octanol–water partition coefficient (Wildman–Crippen LogP) is 6.89. The van der Waals surface area contributed by atoms with E-state index in [-0.39, 0.29) is 69.6 Å². The Bertz CT molecular complexity index is 2090. The molecule has 5 aliphatic rings. The van der Waals surface area contributed by atoms with Crippen molar-refractivity contribution in [1.29, 1.82) is 0 Å². The highest BCUT2D eigenvalue weighted by molar-refractivity contribution is 6.03. The van der Waals surface area contributed by atoms with Crippen molar-refractivity contribution in [2.45, 2.75) is 83.0 Å². The van der Waals surface area contributed by atoms with Gasteiger partial charge in [0.15, 0.2) is 5.82 Å². The van der Waals surface area contributed by atoms with Crippen LogP contribution in [0.3, 0.4) is 0 Å². The van der Waals surface area contributed by atoms with Crippen LogP contribution in [-0.4, -0.2) is 82.0 Å². The zero-order valence-corrected chi connectivity index (χ0v) is 28.6. The number of rotatable bonds is 7. The first-order valence-corrected chi connectivity index (χ1v) is 18.0. The number of aryl methyl sites for hydroxylation is 1. The summed E-state index contributed by atoms with van der Waals surface area (Å²) in [5.41, 5.74) is 0.578. The molecule has 4 atom stereocenters. The highest BCUT2D eigenvalue weighted by Crippen LogP contribution is 2.49. The van der Waals surface area contributed by atoms with Gasteiger partial charge >= 0.3 is 6.01 Å². The molecule has 0 amide bonds. The number of anilines is 1. The molecule has 2 aromatic carbocycles. The van der Waals surface area contributed by atoms with Gasteiger partial charge < -0.3 is 29.7 Å². The molecule has 2 aromatic heterocycles. The van der Waals surface area contributed by atoms with Gasteiger partial charge in [-0.2, -0.15) is 18.7 Å². The minimum Gasteiger partial charge on any atom is -0.508 e. The van der Waals surface area contributed by atoms with E-state index in [0.717, 1.165) is 32.2 Å². The number of nitrogens with zero attached hydrogens (tertiary/aromatic N) is 5. The van der Waals surface area contributed by atoms with Gasteiger partial charge in [-0.25, -0.2) is 13.8 Å². The summed E-state index contributed by atoms with van der Waals surface area (Å²) >= 11 is 0. The average Bonchev–Trinajstić information content (AvgIpc) is 3.81. The Kier molecular flexibility index (Phi) is 7.80. The lowest BCUT2D eigenvalue weighted by molar-refractivity contribution is 0.146. The maximum Gasteiger partial charge on any atom is 0.319 e. The number of phenols is 1. The normalized spacial score (nSPS) is 25.1. The number of pyridine rings is 1. The highest BCUT2D eigenvalue weighted by atomic mass is 19.3. The Morgan fingerprint density at radius 2 is 1.88 bits per heavy atom. The number of piperazine rings is 1. The van der Waals surface area contributed by atoms with E-state index in [1.807, 2.05) is 13.8 Å². The Balaban J connectivity index is 1.15. The van der Waals surface area contributed by atoms with Crippen LogP contribution in [0.2, 0.25) is 0 Å². The first kappa shape index (κ1) is 32.7. The smallest absolute Gasteiger partial charge is 0.319 e. The number of ether oxygens (including phenoxy) is 2. The molecule has 1 saturated carbocycles. The number of benzene rings is 2. The van der Waals surface area contributed by atoms with E-state index in [9.17, 15) is 13.9 Å². The number of halogens is 4. The van der Waals surface area contributed by atoms with Gasteiger partial charge in [0, 0.05) is 49.2 Å². The number of likely N-dealkylation sites (tertiary alicyclic amines) is 1. The number of aromatic nitrogens is 3. The zero-order chi connectivity index (χ0) is 35.2. The molecule has 9 nitrogen and oxygen atoms in total. The SMILES string of the molecule is CCc1c(F)ccc2cc(O)cc(-c3nc4c5c(nc(OCC6(CN7CCC(=C(F)F)CC7)CC6)nc5c3F)N3CC5CCC(N5)C3C(C)O4)c12. The standard InChI is InChI=1S/C38H40F4N6O3/c1-3-24-26(39)6-4-21-14-23(49)15-25(28(21)24)31-30(40)32-29-35(48-16-22-5-7-27(43-22)33(48)19(2)51-36(29)44-31)46-37(45-32)50-18-38(10-11-38)17-47-12-8-20(9-13-47)34(41)42/h4,6,14-15,19,22,27,33,43,49H,3,5,7-13,16-18H2,1-2H3. The zero-order valence-electron chi connectivity index (χ0n) is 28.6. The van der Waals surface area contributed by atoms with Gasteiger partial charge in [-0.15, -0.1) is 0 Å². The van der Waals surface area contributed by atoms with Crippen LogP contribution in [0.4, 0.5) is 23.4 Å². The van der Waals surface area contributed by atoms with E-state index in [1.165, 1.54) is 18.2 Å². The summed E-state index contributed by atoms with van der Waals surface area (Å²) in [6.45, 7) is 6.64. The molecule has 51 heavy (non-hydrogen) atoms. The van der Waals surface area contributed by atoms with Crippen LogP contribution in [0.1, 0.15) is 57.9 Å².